The van der Waals surface area contributed by atoms with Crippen LogP contribution in [0.3, 0.4) is 0 Å². The van der Waals surface area contributed by atoms with E-state index in [2.05, 4.69) is 10.3 Å². The summed E-state index contributed by atoms with van der Waals surface area (Å²) in [5, 5.41) is 11.5. The Bertz CT molecular complexity index is 832. The molecule has 116 valence electrons. The molecule has 5 heteroatoms. The first kappa shape index (κ1) is 14.8. The topological polar surface area (TPSA) is 77.7 Å². The second-order valence-electron chi connectivity index (χ2n) is 5.23. The molecule has 0 saturated heterocycles. The van der Waals surface area contributed by atoms with Gasteiger partial charge in [-0.25, -0.2) is 4.39 Å². The zero-order valence-electron chi connectivity index (χ0n) is 12.7. The van der Waals surface area contributed by atoms with Gasteiger partial charge in [-0.1, -0.05) is 12.1 Å². The summed E-state index contributed by atoms with van der Waals surface area (Å²) in [5.74, 6) is 0.429. The first-order valence-corrected chi connectivity index (χ1v) is 7.20. The van der Waals surface area contributed by atoms with Crippen molar-refractivity contribution in [3.8, 4) is 11.3 Å². The van der Waals surface area contributed by atoms with Gasteiger partial charge in [-0.3, -0.25) is 5.41 Å². The van der Waals surface area contributed by atoms with Crippen LogP contribution in [0.1, 0.15) is 11.1 Å². The van der Waals surface area contributed by atoms with Crippen LogP contribution in [-0.4, -0.2) is 17.7 Å². The van der Waals surface area contributed by atoms with Gasteiger partial charge in [0.2, 0.25) is 0 Å². The van der Waals surface area contributed by atoms with E-state index in [9.17, 15) is 4.39 Å². The monoisotopic (exact) mass is 308 g/mol. The van der Waals surface area contributed by atoms with Crippen molar-refractivity contribution in [2.45, 2.75) is 0 Å². The molecule has 2 aromatic carbocycles. The van der Waals surface area contributed by atoms with Gasteiger partial charge in [-0.15, -0.1) is 0 Å². The van der Waals surface area contributed by atoms with Gasteiger partial charge >= 0.3 is 0 Å². The molecule has 0 aliphatic heterocycles. The van der Waals surface area contributed by atoms with Gasteiger partial charge in [0.1, 0.15) is 11.6 Å². The number of nitrogens with two attached hydrogens (primary N) is 1. The molecule has 3 rings (SSSR count). The first-order chi connectivity index (χ1) is 11.1. The highest BCUT2D eigenvalue weighted by molar-refractivity contribution is 6.14. The molecule has 0 unspecified atom stereocenters. The maximum Gasteiger partial charge on any atom is 0.123 e. The summed E-state index contributed by atoms with van der Waals surface area (Å²) < 4.78 is 13.1. The number of benzene rings is 2. The number of rotatable bonds is 4. The van der Waals surface area contributed by atoms with Crippen molar-refractivity contribution in [2.24, 2.45) is 0 Å². The number of hydrogen-bond acceptors (Lipinski definition) is 3. The van der Waals surface area contributed by atoms with Crippen LogP contribution in [0.15, 0.2) is 54.6 Å². The summed E-state index contributed by atoms with van der Waals surface area (Å²) in [7, 11) is 1.79. The minimum atomic E-state index is -0.313. The van der Waals surface area contributed by atoms with Gasteiger partial charge in [0.15, 0.2) is 0 Å². The van der Waals surface area contributed by atoms with Crippen LogP contribution in [0.2, 0.25) is 0 Å². The molecule has 0 aliphatic rings. The lowest BCUT2D eigenvalue weighted by molar-refractivity contribution is 0.628. The van der Waals surface area contributed by atoms with Crippen LogP contribution in [0.25, 0.3) is 11.3 Å². The summed E-state index contributed by atoms with van der Waals surface area (Å²) in [6.45, 7) is 0. The van der Waals surface area contributed by atoms with E-state index in [0.717, 1.165) is 22.6 Å². The molecule has 3 aromatic rings. The summed E-state index contributed by atoms with van der Waals surface area (Å²) in [6.07, 6.45) is 0. The van der Waals surface area contributed by atoms with E-state index < -0.39 is 0 Å². The van der Waals surface area contributed by atoms with Crippen molar-refractivity contribution in [1.82, 2.24) is 4.98 Å². The van der Waals surface area contributed by atoms with Crippen molar-refractivity contribution < 1.29 is 4.39 Å². The number of aromatic amines is 1. The zero-order valence-corrected chi connectivity index (χ0v) is 12.7. The lowest BCUT2D eigenvalue weighted by atomic mass is 10.0. The minimum Gasteiger partial charge on any atom is -0.399 e. The van der Waals surface area contributed by atoms with Gasteiger partial charge in [-0.05, 0) is 48.0 Å². The molecule has 0 bridgehead atoms. The third-order valence-electron chi connectivity index (χ3n) is 3.69. The van der Waals surface area contributed by atoms with Gasteiger partial charge in [0.25, 0.3) is 0 Å². The number of aromatic nitrogens is 1. The molecule has 0 radical (unpaired) electrons. The van der Waals surface area contributed by atoms with E-state index in [0.29, 0.717) is 17.0 Å². The highest BCUT2D eigenvalue weighted by Crippen LogP contribution is 2.27. The Morgan fingerprint density at radius 1 is 1.09 bits per heavy atom. The van der Waals surface area contributed by atoms with Gasteiger partial charge in [0.05, 0.1) is 5.71 Å². The van der Waals surface area contributed by atoms with Gasteiger partial charge < -0.3 is 16.0 Å². The van der Waals surface area contributed by atoms with Crippen LogP contribution in [0, 0.1) is 11.2 Å². The van der Waals surface area contributed by atoms with Crippen LogP contribution in [-0.2, 0) is 0 Å². The van der Waals surface area contributed by atoms with E-state index in [1.807, 2.05) is 30.3 Å². The Labute approximate surface area is 133 Å². The van der Waals surface area contributed by atoms with E-state index in [4.69, 9.17) is 11.1 Å². The standard InChI is InChI=1S/C18H17FN4/c1-22-18-15(17(21)12-2-6-13(19)7-3-12)10-16(23-18)11-4-8-14(20)9-5-11/h2-10,21-23H,20H2,1H3. The maximum absolute atomic E-state index is 13.1. The fourth-order valence-corrected chi connectivity index (χ4v) is 2.44. The number of nitrogen functional groups attached to an aromatic ring is 1. The molecular formula is C18H17FN4. The second kappa shape index (κ2) is 5.96. The maximum atomic E-state index is 13.1. The molecule has 0 aliphatic carbocycles. The van der Waals surface area contributed by atoms with Crippen molar-refractivity contribution in [3.05, 3.63) is 71.5 Å². The molecular weight excluding hydrogens is 291 g/mol. The van der Waals surface area contributed by atoms with Crippen molar-refractivity contribution >= 4 is 17.2 Å². The number of halogens is 1. The fraction of sp³-hybridized carbons (Fsp3) is 0.0556. The molecule has 0 amide bonds. The summed E-state index contributed by atoms with van der Waals surface area (Å²) >= 11 is 0. The molecule has 5 N–H and O–H groups in total. The van der Waals surface area contributed by atoms with Crippen LogP contribution in [0.4, 0.5) is 15.9 Å². The Morgan fingerprint density at radius 2 is 1.74 bits per heavy atom. The highest BCUT2D eigenvalue weighted by Gasteiger charge is 2.14. The van der Waals surface area contributed by atoms with Crippen LogP contribution < -0.4 is 11.1 Å². The molecule has 1 heterocycles. The predicted octanol–water partition coefficient (Wildman–Crippen LogP) is 3.86. The SMILES string of the molecule is CNc1[nH]c(-c2ccc(N)cc2)cc1C(=N)c1ccc(F)cc1. The minimum absolute atomic E-state index is 0.313. The third-order valence-corrected chi connectivity index (χ3v) is 3.69. The number of nitrogens with one attached hydrogen (secondary N) is 3. The van der Waals surface area contributed by atoms with E-state index >= 15 is 0 Å². The van der Waals surface area contributed by atoms with E-state index in [1.54, 1.807) is 19.2 Å². The Balaban J connectivity index is 2.00. The zero-order chi connectivity index (χ0) is 16.4. The number of hydrogen-bond donors (Lipinski definition) is 4. The molecule has 0 fully saturated rings. The van der Waals surface area contributed by atoms with Crippen LogP contribution >= 0.6 is 0 Å². The second-order valence-corrected chi connectivity index (χ2v) is 5.23. The van der Waals surface area contributed by atoms with Gasteiger partial charge in [0, 0.05) is 29.6 Å². The van der Waals surface area contributed by atoms with E-state index in [-0.39, 0.29) is 5.82 Å². The number of anilines is 2. The molecule has 4 nitrogen and oxygen atoms in total. The van der Waals surface area contributed by atoms with Gasteiger partial charge in [-0.2, -0.15) is 0 Å². The number of H-pyrrole nitrogens is 1. The van der Waals surface area contributed by atoms with Crippen LogP contribution in [0.5, 0.6) is 0 Å². The van der Waals surface area contributed by atoms with Crippen molar-refractivity contribution in [3.63, 3.8) is 0 Å². The third kappa shape index (κ3) is 2.94. The van der Waals surface area contributed by atoms with Crippen molar-refractivity contribution in [2.75, 3.05) is 18.1 Å². The Kier molecular flexibility index (Phi) is 3.85. The molecule has 0 atom stereocenters. The Hall–Kier alpha value is -3.08. The first-order valence-electron chi connectivity index (χ1n) is 7.20. The average Bonchev–Trinajstić information content (AvgIpc) is 3.00. The molecule has 0 saturated carbocycles. The quantitative estimate of drug-likeness (QED) is 0.436. The highest BCUT2D eigenvalue weighted by atomic mass is 19.1. The largest absolute Gasteiger partial charge is 0.399 e. The van der Waals surface area contributed by atoms with E-state index in [1.165, 1.54) is 12.1 Å². The summed E-state index contributed by atoms with van der Waals surface area (Å²) in [6, 6.07) is 15.3. The average molecular weight is 308 g/mol. The predicted molar refractivity (Wildman–Crippen MR) is 92.5 cm³/mol. The van der Waals surface area contributed by atoms with Crippen molar-refractivity contribution in [1.29, 1.82) is 5.41 Å². The normalized spacial score (nSPS) is 10.5. The molecule has 23 heavy (non-hydrogen) atoms. The summed E-state index contributed by atoms with van der Waals surface area (Å²) in [4.78, 5) is 3.26. The lowest BCUT2D eigenvalue weighted by Crippen LogP contribution is -2.03. The fourth-order valence-electron chi connectivity index (χ4n) is 2.44. The molecule has 0 spiro atoms. The Morgan fingerprint density at radius 3 is 2.35 bits per heavy atom. The molecule has 1 aromatic heterocycles. The lowest BCUT2D eigenvalue weighted by Gasteiger charge is -2.05. The smallest absolute Gasteiger partial charge is 0.123 e. The summed E-state index contributed by atoms with van der Waals surface area (Å²) in [5.41, 5.74) is 10.00.